The number of allylic oxidation sites excluding steroid dienone is 1. The van der Waals surface area contributed by atoms with Crippen LogP contribution in [0.5, 0.6) is 0 Å². The van der Waals surface area contributed by atoms with Crippen molar-refractivity contribution in [1.82, 2.24) is 9.78 Å². The highest BCUT2D eigenvalue weighted by Gasteiger charge is 2.70. The summed E-state index contributed by atoms with van der Waals surface area (Å²) in [5.74, 6) is -0.454. The second kappa shape index (κ2) is 10.9. The van der Waals surface area contributed by atoms with E-state index < -0.39 is 23.1 Å². The summed E-state index contributed by atoms with van der Waals surface area (Å²) in [7, 11) is 1.41. The molecule has 7 atom stereocenters. The lowest BCUT2D eigenvalue weighted by molar-refractivity contribution is -0.198. The summed E-state index contributed by atoms with van der Waals surface area (Å²) < 4.78 is 26.5. The molecule has 1 aromatic carbocycles. The summed E-state index contributed by atoms with van der Waals surface area (Å²) in [6, 6.07) is 6.32. The lowest BCUT2D eigenvalue weighted by atomic mass is 9.45. The van der Waals surface area contributed by atoms with Crippen LogP contribution < -0.4 is 0 Å². The third kappa shape index (κ3) is 4.40. The standard InChI is InChI=1S/C32H39FN2O6S/c1-30-15-19-17-34-35(22-7-5-21(33)6-8-22)25(19)14-20(30)4-9-23-24-10-11-32(29(39)42-13-12-36,41-27(38)18-40-3)31(24,2)16-26(37)28(23)30/h5-8,14,17,23-24,26,28,36-37H,4,9-13,15-16,18H2,1-3H3/t23-,24?,26-,28?,30-,31-,32-/m0/s1. The number of ether oxygens (including phenoxy) is 2. The van der Waals surface area contributed by atoms with Crippen LogP contribution >= 0.6 is 11.8 Å². The van der Waals surface area contributed by atoms with Crippen LogP contribution in [-0.2, 0) is 25.5 Å². The second-order valence-electron chi connectivity index (χ2n) is 12.9. The molecule has 226 valence electrons. The van der Waals surface area contributed by atoms with Gasteiger partial charge >= 0.3 is 5.97 Å². The maximum Gasteiger partial charge on any atom is 0.333 e. The summed E-state index contributed by atoms with van der Waals surface area (Å²) in [4.78, 5) is 26.6. The van der Waals surface area contributed by atoms with Gasteiger partial charge in [-0.3, -0.25) is 4.79 Å². The third-order valence-electron chi connectivity index (χ3n) is 10.8. The number of hydrogen-bond acceptors (Lipinski definition) is 8. The van der Waals surface area contributed by atoms with Crippen molar-refractivity contribution in [2.24, 2.45) is 28.6 Å². The fourth-order valence-electron chi connectivity index (χ4n) is 9.10. The van der Waals surface area contributed by atoms with E-state index >= 15 is 0 Å². The Hall–Kier alpha value is -2.53. The highest BCUT2D eigenvalue weighted by atomic mass is 32.2. The smallest absolute Gasteiger partial charge is 0.333 e. The zero-order chi connectivity index (χ0) is 29.9. The number of carbonyl (C=O) groups excluding carboxylic acids is 2. The number of carbonyl (C=O) groups is 2. The van der Waals surface area contributed by atoms with E-state index in [2.05, 4.69) is 18.1 Å². The molecule has 4 aliphatic carbocycles. The minimum absolute atomic E-state index is 0.0245. The number of rotatable bonds is 7. The van der Waals surface area contributed by atoms with E-state index in [0.717, 1.165) is 54.4 Å². The highest BCUT2D eigenvalue weighted by Crippen LogP contribution is 2.68. The first kappa shape index (κ1) is 29.5. The number of fused-ring (bicyclic) bond motifs is 6. The van der Waals surface area contributed by atoms with Gasteiger partial charge in [0, 0.05) is 18.3 Å². The fourth-order valence-corrected chi connectivity index (χ4v) is 9.99. The highest BCUT2D eigenvalue weighted by molar-refractivity contribution is 8.13. The topological polar surface area (TPSA) is 111 Å². The summed E-state index contributed by atoms with van der Waals surface area (Å²) >= 11 is 1.00. The van der Waals surface area contributed by atoms with Gasteiger partial charge < -0.3 is 19.7 Å². The minimum atomic E-state index is -1.38. The summed E-state index contributed by atoms with van der Waals surface area (Å²) in [5.41, 5.74) is 1.76. The zero-order valence-electron chi connectivity index (χ0n) is 24.3. The van der Waals surface area contributed by atoms with Crippen LogP contribution in [0.1, 0.15) is 57.2 Å². The van der Waals surface area contributed by atoms with E-state index in [4.69, 9.17) is 9.47 Å². The van der Waals surface area contributed by atoms with E-state index in [0.29, 0.717) is 12.8 Å². The molecular weight excluding hydrogens is 559 g/mol. The summed E-state index contributed by atoms with van der Waals surface area (Å²) in [5, 5.41) is 25.8. The Kier molecular flexibility index (Phi) is 7.65. The first-order valence-corrected chi connectivity index (χ1v) is 15.8. The SMILES string of the molecule is COCC(=O)O[C@]1(C(=O)SCCO)CCC2[C@@H]3CCC4=Cc5c(cnn5-c5ccc(F)cc5)C[C@]4(C)C3[C@@H](O)C[C@@]21C. The number of hydrogen-bond donors (Lipinski definition) is 2. The quantitative estimate of drug-likeness (QED) is 0.453. The molecule has 0 spiro atoms. The van der Waals surface area contributed by atoms with Crippen molar-refractivity contribution in [3.8, 4) is 5.69 Å². The lowest BCUT2D eigenvalue weighted by Crippen LogP contribution is -2.62. The van der Waals surface area contributed by atoms with Crippen molar-refractivity contribution in [3.05, 3.63) is 53.1 Å². The Labute approximate surface area is 249 Å². The van der Waals surface area contributed by atoms with Gasteiger partial charge in [-0.25, -0.2) is 13.9 Å². The molecule has 0 radical (unpaired) electrons. The number of aliphatic hydroxyl groups is 2. The molecule has 0 bridgehead atoms. The van der Waals surface area contributed by atoms with Crippen molar-refractivity contribution in [1.29, 1.82) is 0 Å². The molecule has 42 heavy (non-hydrogen) atoms. The number of esters is 1. The van der Waals surface area contributed by atoms with Crippen LogP contribution in [-0.4, -0.2) is 68.9 Å². The van der Waals surface area contributed by atoms with Gasteiger partial charge in [0.15, 0.2) is 5.60 Å². The Morgan fingerprint density at radius 3 is 2.69 bits per heavy atom. The number of nitrogens with zero attached hydrogens (tertiary/aromatic N) is 2. The van der Waals surface area contributed by atoms with E-state index in [-0.39, 0.29) is 53.1 Å². The molecule has 6 rings (SSSR count). The molecule has 8 nitrogen and oxygen atoms in total. The molecule has 2 unspecified atom stereocenters. The number of benzene rings is 1. The fraction of sp³-hybridized carbons (Fsp3) is 0.594. The van der Waals surface area contributed by atoms with E-state index in [1.165, 1.54) is 24.8 Å². The van der Waals surface area contributed by atoms with E-state index in [1.807, 2.05) is 17.8 Å². The number of aliphatic hydroxyl groups excluding tert-OH is 2. The number of aromatic nitrogens is 2. The van der Waals surface area contributed by atoms with Gasteiger partial charge in [0.1, 0.15) is 12.4 Å². The predicted molar refractivity (Wildman–Crippen MR) is 156 cm³/mol. The van der Waals surface area contributed by atoms with E-state index in [9.17, 15) is 24.2 Å². The first-order chi connectivity index (χ1) is 20.1. The van der Waals surface area contributed by atoms with Gasteiger partial charge in [-0.05, 0) is 97.6 Å². The maximum atomic E-state index is 13.8. The van der Waals surface area contributed by atoms with Crippen LogP contribution in [0.3, 0.4) is 0 Å². The Bertz CT molecular complexity index is 1410. The third-order valence-corrected chi connectivity index (χ3v) is 11.8. The molecular formula is C32H39FN2O6S. The second-order valence-corrected chi connectivity index (χ2v) is 13.9. The van der Waals surface area contributed by atoms with E-state index in [1.54, 1.807) is 12.1 Å². The van der Waals surface area contributed by atoms with Gasteiger partial charge in [-0.2, -0.15) is 5.10 Å². The summed E-state index contributed by atoms with van der Waals surface area (Å²) in [6.45, 7) is 3.86. The molecule has 0 amide bonds. The monoisotopic (exact) mass is 598 g/mol. The summed E-state index contributed by atoms with van der Waals surface area (Å²) in [6.07, 6.45) is 7.31. The molecule has 4 aliphatic rings. The predicted octanol–water partition coefficient (Wildman–Crippen LogP) is 4.34. The normalized spacial score (nSPS) is 35.0. The van der Waals surface area contributed by atoms with Gasteiger partial charge in [-0.15, -0.1) is 0 Å². The van der Waals surface area contributed by atoms with Crippen molar-refractivity contribution in [2.75, 3.05) is 26.1 Å². The number of thioether (sulfide) groups is 1. The molecule has 0 saturated heterocycles. The van der Waals surface area contributed by atoms with Crippen molar-refractivity contribution in [3.63, 3.8) is 0 Å². The van der Waals surface area contributed by atoms with Crippen molar-refractivity contribution < 1.29 is 33.7 Å². The van der Waals surface area contributed by atoms with Gasteiger partial charge in [0.25, 0.3) is 0 Å². The van der Waals surface area contributed by atoms with Crippen LogP contribution in [0, 0.1) is 34.4 Å². The molecule has 2 aromatic rings. The maximum absolute atomic E-state index is 13.8. The Morgan fingerprint density at radius 2 is 1.98 bits per heavy atom. The zero-order valence-corrected chi connectivity index (χ0v) is 25.2. The Balaban J connectivity index is 1.34. The number of halogens is 1. The molecule has 3 fully saturated rings. The lowest BCUT2D eigenvalue weighted by Gasteiger charge is -2.60. The van der Waals surface area contributed by atoms with Crippen LogP contribution in [0.25, 0.3) is 11.8 Å². The van der Waals surface area contributed by atoms with Crippen LogP contribution in [0.2, 0.25) is 0 Å². The molecule has 0 aliphatic heterocycles. The molecule has 1 aromatic heterocycles. The van der Waals surface area contributed by atoms with Crippen LogP contribution in [0.15, 0.2) is 36.0 Å². The first-order valence-electron chi connectivity index (χ1n) is 14.8. The molecule has 3 saturated carbocycles. The average Bonchev–Trinajstić information content (AvgIpc) is 3.48. The van der Waals surface area contributed by atoms with Gasteiger partial charge in [-0.1, -0.05) is 31.2 Å². The van der Waals surface area contributed by atoms with Gasteiger partial charge in [0.2, 0.25) is 5.12 Å². The largest absolute Gasteiger partial charge is 0.448 e. The average molecular weight is 599 g/mol. The molecule has 10 heteroatoms. The Morgan fingerprint density at radius 1 is 1.21 bits per heavy atom. The van der Waals surface area contributed by atoms with Gasteiger partial charge in [0.05, 0.1) is 30.3 Å². The molecule has 1 heterocycles. The van der Waals surface area contributed by atoms with Crippen molar-refractivity contribution in [2.45, 2.75) is 64.1 Å². The minimum Gasteiger partial charge on any atom is -0.448 e. The molecule has 2 N–H and O–H groups in total. The van der Waals surface area contributed by atoms with Crippen LogP contribution in [0.4, 0.5) is 4.39 Å². The number of methoxy groups -OCH3 is 1. The van der Waals surface area contributed by atoms with Crippen molar-refractivity contribution >= 4 is 28.9 Å².